The number of nitrogens with two attached hydrogens (primary N) is 1. The lowest BCUT2D eigenvalue weighted by Crippen LogP contribution is -2.23. The second-order valence-electron chi connectivity index (χ2n) is 4.06. The number of benzene rings is 1. The molecule has 0 radical (unpaired) electrons. The van der Waals surface area contributed by atoms with E-state index in [4.69, 9.17) is 5.73 Å². The van der Waals surface area contributed by atoms with Gasteiger partial charge in [0.25, 0.3) is 0 Å². The standard InChI is InChI=1S/C12H16N2O/c13-12(15)10-5-3-9(4-6-10)8-11-2-1-7-14-11/h3-6,11,14H,1-2,7-8H2,(H2,13,15). The number of hydrogen-bond donors (Lipinski definition) is 2. The molecule has 0 bridgehead atoms. The van der Waals surface area contributed by atoms with Gasteiger partial charge in [-0.2, -0.15) is 0 Å². The van der Waals surface area contributed by atoms with Crippen molar-refractivity contribution in [2.75, 3.05) is 6.54 Å². The Morgan fingerprint density at radius 2 is 2.13 bits per heavy atom. The maximum Gasteiger partial charge on any atom is 0.248 e. The molecule has 0 aromatic heterocycles. The number of amides is 1. The molecule has 3 nitrogen and oxygen atoms in total. The van der Waals surface area contributed by atoms with Crippen molar-refractivity contribution in [1.29, 1.82) is 0 Å². The SMILES string of the molecule is NC(=O)c1ccc(CC2CCCN2)cc1. The van der Waals surface area contributed by atoms with Crippen LogP contribution in [0.4, 0.5) is 0 Å². The van der Waals surface area contributed by atoms with Gasteiger partial charge in [0.05, 0.1) is 0 Å². The van der Waals surface area contributed by atoms with Gasteiger partial charge < -0.3 is 11.1 Å². The molecule has 1 aromatic rings. The zero-order valence-electron chi connectivity index (χ0n) is 8.70. The molecule has 1 aliphatic heterocycles. The summed E-state index contributed by atoms with van der Waals surface area (Å²) in [6, 6.07) is 8.17. The highest BCUT2D eigenvalue weighted by molar-refractivity contribution is 5.92. The lowest BCUT2D eigenvalue weighted by Gasteiger charge is -2.09. The Hall–Kier alpha value is -1.35. The van der Waals surface area contributed by atoms with Crippen LogP contribution in [0.3, 0.4) is 0 Å². The molecular weight excluding hydrogens is 188 g/mol. The van der Waals surface area contributed by atoms with Gasteiger partial charge in [-0.05, 0) is 43.5 Å². The van der Waals surface area contributed by atoms with Gasteiger partial charge in [-0.3, -0.25) is 4.79 Å². The van der Waals surface area contributed by atoms with Gasteiger partial charge in [-0.15, -0.1) is 0 Å². The van der Waals surface area contributed by atoms with E-state index in [1.54, 1.807) is 12.1 Å². The predicted molar refractivity (Wildman–Crippen MR) is 59.7 cm³/mol. The van der Waals surface area contributed by atoms with Gasteiger partial charge >= 0.3 is 0 Å². The number of rotatable bonds is 3. The highest BCUT2D eigenvalue weighted by Crippen LogP contribution is 2.12. The summed E-state index contributed by atoms with van der Waals surface area (Å²) in [7, 11) is 0. The molecule has 1 aromatic carbocycles. The van der Waals surface area contributed by atoms with E-state index in [1.165, 1.54) is 18.4 Å². The van der Waals surface area contributed by atoms with Crippen LogP contribution in [0.1, 0.15) is 28.8 Å². The monoisotopic (exact) mass is 204 g/mol. The topological polar surface area (TPSA) is 55.1 Å². The van der Waals surface area contributed by atoms with Crippen molar-refractivity contribution in [2.24, 2.45) is 5.73 Å². The average Bonchev–Trinajstić information content (AvgIpc) is 2.71. The molecule has 1 atom stereocenters. The molecule has 15 heavy (non-hydrogen) atoms. The third-order valence-corrected chi connectivity index (χ3v) is 2.88. The van der Waals surface area contributed by atoms with Crippen LogP contribution in [0.2, 0.25) is 0 Å². The minimum Gasteiger partial charge on any atom is -0.366 e. The molecule has 1 unspecified atom stereocenters. The molecule has 3 heteroatoms. The van der Waals surface area contributed by atoms with Crippen molar-refractivity contribution < 1.29 is 4.79 Å². The zero-order chi connectivity index (χ0) is 10.7. The van der Waals surface area contributed by atoms with Crippen LogP contribution in [0, 0.1) is 0 Å². The van der Waals surface area contributed by atoms with Crippen LogP contribution in [0.25, 0.3) is 0 Å². The smallest absolute Gasteiger partial charge is 0.248 e. The molecule has 1 amide bonds. The Kier molecular flexibility index (Phi) is 3.02. The molecule has 0 aliphatic carbocycles. The first-order chi connectivity index (χ1) is 7.25. The van der Waals surface area contributed by atoms with Gasteiger partial charge in [0.15, 0.2) is 0 Å². The summed E-state index contributed by atoms with van der Waals surface area (Å²) in [5.74, 6) is -0.361. The van der Waals surface area contributed by atoms with Gasteiger partial charge in [0, 0.05) is 11.6 Å². The number of carbonyl (C=O) groups is 1. The number of nitrogens with one attached hydrogen (secondary N) is 1. The fraction of sp³-hybridized carbons (Fsp3) is 0.417. The fourth-order valence-electron chi connectivity index (χ4n) is 2.02. The van der Waals surface area contributed by atoms with Crippen molar-refractivity contribution in [3.8, 4) is 0 Å². The van der Waals surface area contributed by atoms with E-state index < -0.39 is 0 Å². The number of hydrogen-bond acceptors (Lipinski definition) is 2. The highest BCUT2D eigenvalue weighted by Gasteiger charge is 2.14. The van der Waals surface area contributed by atoms with E-state index in [2.05, 4.69) is 5.32 Å². The van der Waals surface area contributed by atoms with E-state index in [-0.39, 0.29) is 5.91 Å². The largest absolute Gasteiger partial charge is 0.366 e. The number of primary amides is 1. The molecule has 0 spiro atoms. The van der Waals surface area contributed by atoms with Crippen LogP contribution < -0.4 is 11.1 Å². The summed E-state index contributed by atoms with van der Waals surface area (Å²) in [4.78, 5) is 10.9. The molecule has 3 N–H and O–H groups in total. The van der Waals surface area contributed by atoms with Crippen molar-refractivity contribution in [3.63, 3.8) is 0 Å². The Bertz CT molecular complexity index is 339. The van der Waals surface area contributed by atoms with E-state index in [0.29, 0.717) is 11.6 Å². The average molecular weight is 204 g/mol. The van der Waals surface area contributed by atoms with Crippen LogP contribution in [0.15, 0.2) is 24.3 Å². The van der Waals surface area contributed by atoms with E-state index in [0.717, 1.165) is 13.0 Å². The fourth-order valence-corrected chi connectivity index (χ4v) is 2.02. The molecule has 2 rings (SSSR count). The van der Waals surface area contributed by atoms with E-state index in [1.807, 2.05) is 12.1 Å². The molecule has 80 valence electrons. The van der Waals surface area contributed by atoms with Gasteiger partial charge in [0.2, 0.25) is 5.91 Å². The molecule has 1 aliphatic rings. The predicted octanol–water partition coefficient (Wildman–Crippen LogP) is 1.08. The van der Waals surface area contributed by atoms with Gasteiger partial charge in [-0.25, -0.2) is 0 Å². The minimum absolute atomic E-state index is 0.361. The van der Waals surface area contributed by atoms with Crippen molar-refractivity contribution in [1.82, 2.24) is 5.32 Å². The van der Waals surface area contributed by atoms with Gasteiger partial charge in [0.1, 0.15) is 0 Å². The Morgan fingerprint density at radius 3 is 2.67 bits per heavy atom. The quantitative estimate of drug-likeness (QED) is 0.774. The first-order valence-electron chi connectivity index (χ1n) is 5.38. The molecular formula is C12H16N2O. The normalized spacial score (nSPS) is 20.4. The molecule has 1 saturated heterocycles. The van der Waals surface area contributed by atoms with E-state index >= 15 is 0 Å². The zero-order valence-corrected chi connectivity index (χ0v) is 8.70. The van der Waals surface area contributed by atoms with E-state index in [9.17, 15) is 4.79 Å². The molecule has 1 fully saturated rings. The second kappa shape index (κ2) is 4.45. The maximum atomic E-state index is 10.9. The molecule has 1 heterocycles. The lowest BCUT2D eigenvalue weighted by molar-refractivity contribution is 0.100. The summed E-state index contributed by atoms with van der Waals surface area (Å²) in [6.45, 7) is 1.13. The van der Waals surface area contributed by atoms with Crippen LogP contribution in [-0.4, -0.2) is 18.5 Å². The summed E-state index contributed by atoms with van der Waals surface area (Å²) in [5, 5.41) is 3.45. The van der Waals surface area contributed by atoms with Crippen molar-refractivity contribution in [2.45, 2.75) is 25.3 Å². The Labute approximate surface area is 89.7 Å². The van der Waals surface area contributed by atoms with Crippen LogP contribution in [0.5, 0.6) is 0 Å². The first kappa shape index (κ1) is 10.2. The number of carbonyl (C=O) groups excluding carboxylic acids is 1. The highest BCUT2D eigenvalue weighted by atomic mass is 16.1. The van der Waals surface area contributed by atoms with Crippen molar-refractivity contribution >= 4 is 5.91 Å². The summed E-state index contributed by atoms with van der Waals surface area (Å²) in [6.07, 6.45) is 3.56. The maximum absolute atomic E-state index is 10.9. The summed E-state index contributed by atoms with van der Waals surface area (Å²) in [5.41, 5.74) is 7.02. The summed E-state index contributed by atoms with van der Waals surface area (Å²) < 4.78 is 0. The summed E-state index contributed by atoms with van der Waals surface area (Å²) >= 11 is 0. The second-order valence-corrected chi connectivity index (χ2v) is 4.06. The van der Waals surface area contributed by atoms with Gasteiger partial charge in [-0.1, -0.05) is 12.1 Å². The van der Waals surface area contributed by atoms with Crippen molar-refractivity contribution in [3.05, 3.63) is 35.4 Å². The third kappa shape index (κ3) is 2.57. The van der Waals surface area contributed by atoms with Crippen LogP contribution >= 0.6 is 0 Å². The third-order valence-electron chi connectivity index (χ3n) is 2.88. The van der Waals surface area contributed by atoms with Crippen LogP contribution in [-0.2, 0) is 6.42 Å². The molecule has 0 saturated carbocycles. The Morgan fingerprint density at radius 1 is 1.40 bits per heavy atom. The minimum atomic E-state index is -0.361. The Balaban J connectivity index is 2.00. The lowest BCUT2D eigenvalue weighted by atomic mass is 10.0. The first-order valence-corrected chi connectivity index (χ1v) is 5.38.